The van der Waals surface area contributed by atoms with Crippen molar-refractivity contribution in [1.29, 1.82) is 0 Å². The molecule has 0 bridgehead atoms. The second-order valence-corrected chi connectivity index (χ2v) is 4.91. The smallest absolute Gasteiger partial charge is 0.337 e. The van der Waals surface area contributed by atoms with Gasteiger partial charge in [0, 0.05) is 12.0 Å². The van der Waals surface area contributed by atoms with Gasteiger partial charge in [-0.15, -0.1) is 0 Å². The normalized spacial score (nSPS) is 28.2. The fourth-order valence-electron chi connectivity index (χ4n) is 1.86. The second kappa shape index (κ2) is 5.46. The molecule has 6 nitrogen and oxygen atoms in total. The highest BCUT2D eigenvalue weighted by Crippen LogP contribution is 2.23. The summed E-state index contributed by atoms with van der Waals surface area (Å²) in [4.78, 5) is 22.4. The summed E-state index contributed by atoms with van der Waals surface area (Å²) in [6, 6.07) is 0.168. The molecule has 0 saturated heterocycles. The molecule has 0 radical (unpaired) electrons. The number of hydrogen-bond donors (Lipinski definition) is 4. The van der Waals surface area contributed by atoms with Gasteiger partial charge in [0.25, 0.3) is 0 Å². The first-order valence-electron chi connectivity index (χ1n) is 5.82. The molecule has 1 aliphatic carbocycles. The number of aliphatic carboxylic acids is 1. The van der Waals surface area contributed by atoms with E-state index in [0.29, 0.717) is 0 Å². The van der Waals surface area contributed by atoms with Gasteiger partial charge >= 0.3 is 5.97 Å². The van der Waals surface area contributed by atoms with Crippen LogP contribution in [0.2, 0.25) is 0 Å². The number of carbonyl (C=O) groups is 2. The van der Waals surface area contributed by atoms with E-state index in [2.05, 4.69) is 5.32 Å². The van der Waals surface area contributed by atoms with E-state index in [-0.39, 0.29) is 24.4 Å². The quantitative estimate of drug-likeness (QED) is 0.530. The number of nitrogens with two attached hydrogens (primary N) is 1. The lowest BCUT2D eigenvalue weighted by molar-refractivity contribution is -0.156. The van der Waals surface area contributed by atoms with Crippen molar-refractivity contribution in [3.63, 3.8) is 0 Å². The fourth-order valence-corrected chi connectivity index (χ4v) is 1.86. The van der Waals surface area contributed by atoms with Crippen LogP contribution in [0.5, 0.6) is 0 Å². The van der Waals surface area contributed by atoms with Crippen LogP contribution in [0.15, 0.2) is 0 Å². The van der Waals surface area contributed by atoms with Crippen LogP contribution in [0.3, 0.4) is 0 Å². The van der Waals surface area contributed by atoms with Crippen molar-refractivity contribution >= 4 is 11.9 Å². The maximum absolute atomic E-state index is 11.7. The van der Waals surface area contributed by atoms with E-state index in [1.807, 2.05) is 0 Å². The minimum atomic E-state index is -1.92. The highest BCUT2D eigenvalue weighted by Gasteiger charge is 2.32. The van der Waals surface area contributed by atoms with Crippen LogP contribution in [0, 0.1) is 5.92 Å². The van der Waals surface area contributed by atoms with E-state index in [0.717, 1.165) is 32.6 Å². The average Bonchev–Trinajstić information content (AvgIpc) is 2.27. The Balaban J connectivity index is 2.37. The number of carbonyl (C=O) groups excluding carboxylic acids is 1. The number of hydrogen-bond acceptors (Lipinski definition) is 4. The molecule has 1 rings (SSSR count). The van der Waals surface area contributed by atoms with Gasteiger partial charge in [0.1, 0.15) is 0 Å². The summed E-state index contributed by atoms with van der Waals surface area (Å²) in [6.45, 7) is 0.885. The van der Waals surface area contributed by atoms with Crippen LogP contribution in [0.25, 0.3) is 0 Å². The monoisotopic (exact) mass is 244 g/mol. The number of rotatable bonds is 4. The first-order chi connectivity index (χ1) is 7.83. The number of nitrogens with one attached hydrogen (secondary N) is 1. The third kappa shape index (κ3) is 3.98. The molecule has 0 heterocycles. The first kappa shape index (κ1) is 13.9. The van der Waals surface area contributed by atoms with Crippen molar-refractivity contribution in [2.24, 2.45) is 11.7 Å². The van der Waals surface area contributed by atoms with Crippen LogP contribution in [0.4, 0.5) is 0 Å². The molecular weight excluding hydrogens is 224 g/mol. The Morgan fingerprint density at radius 1 is 1.35 bits per heavy atom. The zero-order chi connectivity index (χ0) is 13.1. The van der Waals surface area contributed by atoms with Crippen LogP contribution in [-0.4, -0.2) is 40.3 Å². The molecule has 0 aliphatic heterocycles. The van der Waals surface area contributed by atoms with Crippen LogP contribution < -0.4 is 11.1 Å². The number of carboxylic acids is 1. The number of carboxylic acid groups (broad SMARTS) is 1. The Hall–Kier alpha value is -1.14. The molecule has 17 heavy (non-hydrogen) atoms. The highest BCUT2D eigenvalue weighted by atomic mass is 16.4. The molecule has 0 aromatic rings. The average molecular weight is 244 g/mol. The van der Waals surface area contributed by atoms with Crippen LogP contribution >= 0.6 is 0 Å². The van der Waals surface area contributed by atoms with E-state index < -0.39 is 11.6 Å². The summed E-state index contributed by atoms with van der Waals surface area (Å²) in [5, 5.41) is 20.6. The van der Waals surface area contributed by atoms with Gasteiger partial charge < -0.3 is 21.3 Å². The second-order valence-electron chi connectivity index (χ2n) is 4.91. The van der Waals surface area contributed by atoms with Gasteiger partial charge in [0.15, 0.2) is 5.60 Å². The molecule has 0 spiro atoms. The van der Waals surface area contributed by atoms with E-state index in [4.69, 9.17) is 10.8 Å². The summed E-state index contributed by atoms with van der Waals surface area (Å²) in [6.07, 6.45) is 3.07. The Kier molecular flexibility index (Phi) is 4.47. The largest absolute Gasteiger partial charge is 0.479 e. The SMILES string of the molecule is CC(O)(CNC(=O)C1CCC(N)CC1)C(=O)O. The molecular formula is C11H20N2O4. The lowest BCUT2D eigenvalue weighted by Crippen LogP contribution is -2.48. The van der Waals surface area contributed by atoms with Crippen molar-refractivity contribution in [1.82, 2.24) is 5.32 Å². The maximum Gasteiger partial charge on any atom is 0.337 e. The van der Waals surface area contributed by atoms with E-state index in [1.54, 1.807) is 0 Å². The molecule has 0 aromatic carbocycles. The summed E-state index contributed by atoms with van der Waals surface area (Å²) >= 11 is 0. The lowest BCUT2D eigenvalue weighted by atomic mass is 9.86. The molecule has 1 unspecified atom stereocenters. The molecule has 0 aromatic heterocycles. The predicted molar refractivity (Wildman–Crippen MR) is 61.2 cm³/mol. The molecule has 1 amide bonds. The van der Waals surface area contributed by atoms with Gasteiger partial charge in [-0.05, 0) is 32.6 Å². The topological polar surface area (TPSA) is 113 Å². The summed E-state index contributed by atoms with van der Waals surface area (Å²) in [7, 11) is 0. The summed E-state index contributed by atoms with van der Waals surface area (Å²) < 4.78 is 0. The van der Waals surface area contributed by atoms with Gasteiger partial charge in [-0.2, -0.15) is 0 Å². The molecule has 1 fully saturated rings. The van der Waals surface area contributed by atoms with Gasteiger partial charge in [-0.25, -0.2) is 4.79 Å². The van der Waals surface area contributed by atoms with Crippen LogP contribution in [-0.2, 0) is 9.59 Å². The molecule has 1 atom stereocenters. The van der Waals surface area contributed by atoms with E-state index in [1.165, 1.54) is 0 Å². The van der Waals surface area contributed by atoms with E-state index in [9.17, 15) is 14.7 Å². The molecule has 5 N–H and O–H groups in total. The number of aliphatic hydroxyl groups is 1. The van der Waals surface area contributed by atoms with Crippen molar-refractivity contribution in [2.75, 3.05) is 6.54 Å². The van der Waals surface area contributed by atoms with Gasteiger partial charge in [0.05, 0.1) is 6.54 Å². The molecule has 1 saturated carbocycles. The lowest BCUT2D eigenvalue weighted by Gasteiger charge is -2.26. The van der Waals surface area contributed by atoms with E-state index >= 15 is 0 Å². The van der Waals surface area contributed by atoms with Crippen molar-refractivity contribution in [2.45, 2.75) is 44.2 Å². The van der Waals surface area contributed by atoms with Gasteiger partial charge in [0.2, 0.25) is 5.91 Å². The van der Waals surface area contributed by atoms with Crippen LogP contribution in [0.1, 0.15) is 32.6 Å². The Morgan fingerprint density at radius 3 is 2.35 bits per heavy atom. The summed E-state index contributed by atoms with van der Waals surface area (Å²) in [5.41, 5.74) is 3.81. The highest BCUT2D eigenvalue weighted by molar-refractivity contribution is 5.81. The van der Waals surface area contributed by atoms with Crippen molar-refractivity contribution in [3.05, 3.63) is 0 Å². The van der Waals surface area contributed by atoms with Crippen molar-refractivity contribution in [3.8, 4) is 0 Å². The maximum atomic E-state index is 11.7. The zero-order valence-corrected chi connectivity index (χ0v) is 9.98. The standard InChI is InChI=1S/C11H20N2O4/c1-11(17,10(15)16)6-13-9(14)7-2-4-8(12)5-3-7/h7-8,17H,2-6,12H2,1H3,(H,13,14)(H,15,16). The Labute approximate surface area is 100 Å². The minimum absolute atomic E-state index is 0.112. The Bertz CT molecular complexity index is 296. The number of amides is 1. The third-order valence-corrected chi connectivity index (χ3v) is 3.21. The fraction of sp³-hybridized carbons (Fsp3) is 0.818. The Morgan fingerprint density at radius 2 is 1.88 bits per heavy atom. The molecule has 1 aliphatic rings. The predicted octanol–water partition coefficient (Wildman–Crippen LogP) is -0.544. The van der Waals surface area contributed by atoms with Gasteiger partial charge in [-0.1, -0.05) is 0 Å². The zero-order valence-electron chi connectivity index (χ0n) is 9.98. The minimum Gasteiger partial charge on any atom is -0.479 e. The first-order valence-corrected chi connectivity index (χ1v) is 5.82. The third-order valence-electron chi connectivity index (χ3n) is 3.21. The molecule has 98 valence electrons. The van der Waals surface area contributed by atoms with Gasteiger partial charge in [-0.3, -0.25) is 4.79 Å². The molecule has 6 heteroatoms. The summed E-state index contributed by atoms with van der Waals surface area (Å²) in [5.74, 6) is -1.65. The van der Waals surface area contributed by atoms with Crippen molar-refractivity contribution < 1.29 is 19.8 Å².